The highest BCUT2D eigenvalue weighted by atomic mass is 32.2. The second-order valence-corrected chi connectivity index (χ2v) is 8.13. The van der Waals surface area contributed by atoms with Crippen LogP contribution in [0.4, 0.5) is 17.6 Å². The summed E-state index contributed by atoms with van der Waals surface area (Å²) in [7, 11) is -4.94. The van der Waals surface area contributed by atoms with E-state index in [1.54, 1.807) is 0 Å². The van der Waals surface area contributed by atoms with Gasteiger partial charge in [-0.1, -0.05) is 20.3 Å². The number of carbonyl (C=O) groups excluding carboxylic acids is 1. The lowest BCUT2D eigenvalue weighted by molar-refractivity contribution is -0.202. The lowest BCUT2D eigenvalue weighted by Gasteiger charge is -2.36. The largest absolute Gasteiger partial charge is 0.743 e. The van der Waals surface area contributed by atoms with Crippen molar-refractivity contribution in [3.63, 3.8) is 0 Å². The van der Waals surface area contributed by atoms with Gasteiger partial charge in [-0.15, -0.1) is 0 Å². The van der Waals surface area contributed by atoms with E-state index in [9.17, 15) is 35.3 Å². The molecule has 0 aromatic heterocycles. The topological polar surface area (TPSA) is 83.5 Å². The molecule has 4 unspecified atom stereocenters. The number of ether oxygens (including phenoxy) is 1. The maximum atomic E-state index is 13.5. The first-order valence-corrected chi connectivity index (χ1v) is 9.49. The van der Waals surface area contributed by atoms with Crippen LogP contribution in [0.15, 0.2) is 0 Å². The monoisotopic (exact) mass is 391 g/mol. The van der Waals surface area contributed by atoms with E-state index in [-0.39, 0.29) is 24.2 Å². The van der Waals surface area contributed by atoms with Gasteiger partial charge in [0.2, 0.25) is 0 Å². The van der Waals surface area contributed by atoms with Crippen LogP contribution in [0.3, 0.4) is 0 Å². The molecular weight excluding hydrogens is 368 g/mol. The normalized spacial score (nSPS) is 27.4. The van der Waals surface area contributed by atoms with E-state index in [2.05, 4.69) is 4.74 Å². The summed E-state index contributed by atoms with van der Waals surface area (Å²) in [5, 5.41) is -5.52. The Morgan fingerprint density at radius 1 is 1.24 bits per heavy atom. The van der Waals surface area contributed by atoms with Crippen molar-refractivity contribution in [2.75, 3.05) is 7.11 Å². The number of esters is 1. The average Bonchev–Trinajstić information content (AvgIpc) is 3.15. The van der Waals surface area contributed by atoms with Gasteiger partial charge in [-0.3, -0.25) is 4.79 Å². The fourth-order valence-corrected chi connectivity index (χ4v) is 3.92. The van der Waals surface area contributed by atoms with E-state index in [1.807, 2.05) is 13.8 Å². The maximum absolute atomic E-state index is 13.5. The molecule has 0 spiro atoms. The van der Waals surface area contributed by atoms with Gasteiger partial charge in [0.05, 0.1) is 13.0 Å². The number of methoxy groups -OCH3 is 1. The Morgan fingerprint density at radius 2 is 1.80 bits per heavy atom. The van der Waals surface area contributed by atoms with Crippen LogP contribution in [0.2, 0.25) is 0 Å². The fourth-order valence-electron chi connectivity index (χ4n) is 3.44. The minimum Gasteiger partial charge on any atom is -0.743 e. The molecular formula is C15H23F4O5S-. The average molecular weight is 391 g/mol. The van der Waals surface area contributed by atoms with Crippen molar-refractivity contribution >= 4 is 16.1 Å². The standard InChI is InChI=1S/C9H12F4O3S.C6H12O2/c10-8(11,9(12,13)17(14,15)16)7-4-5-1-2-6(7)3-5;1-4-5(2)6(7)8-3/h5-7H,1-4H2,(H,14,15,16);5H,4H2,1-3H3/p-1. The van der Waals surface area contributed by atoms with Crippen molar-refractivity contribution in [2.45, 2.75) is 57.1 Å². The van der Waals surface area contributed by atoms with Crippen LogP contribution in [0.1, 0.15) is 46.0 Å². The first-order valence-electron chi connectivity index (χ1n) is 8.08. The molecule has 10 heteroatoms. The smallest absolute Gasteiger partial charge is 0.396 e. The van der Waals surface area contributed by atoms with E-state index in [0.717, 1.165) is 6.42 Å². The highest BCUT2D eigenvalue weighted by molar-refractivity contribution is 7.86. The molecule has 2 fully saturated rings. The second kappa shape index (κ2) is 7.77. The number of fused-ring (bicyclic) bond motifs is 2. The van der Waals surface area contributed by atoms with Crippen molar-refractivity contribution in [2.24, 2.45) is 23.7 Å². The number of alkyl halides is 4. The Balaban J connectivity index is 0.000000333. The molecule has 4 atom stereocenters. The summed E-state index contributed by atoms with van der Waals surface area (Å²) in [5.41, 5.74) is 0. The maximum Gasteiger partial charge on any atom is 0.396 e. The van der Waals surface area contributed by atoms with Crippen LogP contribution in [0, 0.1) is 23.7 Å². The predicted molar refractivity (Wildman–Crippen MR) is 80.0 cm³/mol. The second-order valence-electron chi connectivity index (χ2n) is 6.71. The molecule has 0 radical (unpaired) electrons. The van der Waals surface area contributed by atoms with Gasteiger partial charge in [0.15, 0.2) is 10.1 Å². The van der Waals surface area contributed by atoms with Crippen LogP contribution in [-0.2, 0) is 19.6 Å². The molecule has 148 valence electrons. The van der Waals surface area contributed by atoms with Crippen LogP contribution < -0.4 is 0 Å². The number of hydrogen-bond donors (Lipinski definition) is 0. The Bertz CT molecular complexity index is 578. The Morgan fingerprint density at radius 3 is 2.08 bits per heavy atom. The molecule has 2 saturated carbocycles. The molecule has 0 aromatic carbocycles. The summed E-state index contributed by atoms with van der Waals surface area (Å²) < 4.78 is 88.4. The molecule has 2 bridgehead atoms. The Hall–Kier alpha value is -0.900. The molecule has 0 aliphatic heterocycles. The molecule has 2 aliphatic rings. The van der Waals surface area contributed by atoms with Crippen molar-refractivity contribution in [3.05, 3.63) is 0 Å². The zero-order valence-corrected chi connectivity index (χ0v) is 15.1. The summed E-state index contributed by atoms with van der Waals surface area (Å²) in [4.78, 5) is 10.5. The summed E-state index contributed by atoms with van der Waals surface area (Å²) in [5.74, 6) is -7.16. The van der Waals surface area contributed by atoms with Crippen LogP contribution in [-0.4, -0.2) is 37.2 Å². The SMILES string of the molecule is CCC(C)C(=O)OC.O=S(=O)([O-])C(F)(F)C(F)(F)C1CC2CCC1C2. The minimum absolute atomic E-state index is 0.0407. The lowest BCUT2D eigenvalue weighted by atomic mass is 9.84. The van der Waals surface area contributed by atoms with Crippen molar-refractivity contribution < 1.29 is 40.1 Å². The number of carbonyl (C=O) groups is 1. The van der Waals surface area contributed by atoms with Crippen LogP contribution >= 0.6 is 0 Å². The first-order chi connectivity index (χ1) is 11.3. The molecule has 0 saturated heterocycles. The number of rotatable bonds is 5. The highest BCUT2D eigenvalue weighted by Gasteiger charge is 2.68. The third kappa shape index (κ3) is 4.45. The van der Waals surface area contributed by atoms with Gasteiger partial charge in [-0.2, -0.15) is 17.6 Å². The molecule has 5 nitrogen and oxygen atoms in total. The molecule has 25 heavy (non-hydrogen) atoms. The molecule has 0 amide bonds. The minimum atomic E-state index is -6.35. The predicted octanol–water partition coefficient (Wildman–Crippen LogP) is 3.40. The van der Waals surface area contributed by atoms with Gasteiger partial charge < -0.3 is 9.29 Å². The first kappa shape index (κ1) is 22.1. The van der Waals surface area contributed by atoms with Crippen molar-refractivity contribution in [3.8, 4) is 0 Å². The summed E-state index contributed by atoms with van der Waals surface area (Å²) in [6, 6.07) is 0. The highest BCUT2D eigenvalue weighted by Crippen LogP contribution is 2.58. The third-order valence-corrected chi connectivity index (χ3v) is 6.02. The van der Waals surface area contributed by atoms with Crippen molar-refractivity contribution in [1.29, 1.82) is 0 Å². The van der Waals surface area contributed by atoms with Gasteiger partial charge in [-0.05, 0) is 37.5 Å². The van der Waals surface area contributed by atoms with E-state index < -0.39 is 33.1 Å². The number of hydrogen-bond acceptors (Lipinski definition) is 5. The third-order valence-electron chi connectivity index (χ3n) is 5.12. The Kier molecular flexibility index (Phi) is 6.88. The quantitative estimate of drug-likeness (QED) is 0.407. The molecule has 2 aliphatic carbocycles. The van der Waals surface area contributed by atoms with Gasteiger partial charge in [0.1, 0.15) is 0 Å². The van der Waals surface area contributed by atoms with Gasteiger partial charge in [0, 0.05) is 5.92 Å². The summed E-state index contributed by atoms with van der Waals surface area (Å²) in [6.45, 7) is 3.81. The number of halogens is 4. The van der Waals surface area contributed by atoms with Crippen molar-refractivity contribution in [1.82, 2.24) is 0 Å². The zero-order valence-electron chi connectivity index (χ0n) is 14.3. The van der Waals surface area contributed by atoms with Gasteiger partial charge in [0.25, 0.3) is 0 Å². The van der Waals surface area contributed by atoms with E-state index in [4.69, 9.17) is 0 Å². The molecule has 0 aromatic rings. The molecule has 0 N–H and O–H groups in total. The Labute approximate surface area is 144 Å². The zero-order chi connectivity index (χ0) is 19.6. The molecule has 2 rings (SSSR count). The summed E-state index contributed by atoms with van der Waals surface area (Å²) in [6.07, 6.45) is 2.28. The van der Waals surface area contributed by atoms with Gasteiger partial charge >= 0.3 is 17.1 Å². The lowest BCUT2D eigenvalue weighted by Crippen LogP contribution is -2.52. The summed E-state index contributed by atoms with van der Waals surface area (Å²) >= 11 is 0. The molecule has 0 heterocycles. The van der Waals surface area contributed by atoms with E-state index in [0.29, 0.717) is 19.3 Å². The van der Waals surface area contributed by atoms with E-state index in [1.165, 1.54) is 7.11 Å². The van der Waals surface area contributed by atoms with Crippen LogP contribution in [0.5, 0.6) is 0 Å². The fraction of sp³-hybridized carbons (Fsp3) is 0.933. The van der Waals surface area contributed by atoms with Crippen LogP contribution in [0.25, 0.3) is 0 Å². The van der Waals surface area contributed by atoms with E-state index >= 15 is 0 Å². The van der Waals surface area contributed by atoms with Gasteiger partial charge in [-0.25, -0.2) is 8.42 Å².